The zero-order valence-electron chi connectivity index (χ0n) is 13.3. The Bertz CT molecular complexity index is 522. The molecule has 2 fully saturated rings. The maximum Gasteiger partial charge on any atom is 0.265 e. The van der Waals surface area contributed by atoms with Gasteiger partial charge in [0.25, 0.3) is 5.91 Å². The molecule has 0 radical (unpaired) electrons. The van der Waals surface area contributed by atoms with Crippen molar-refractivity contribution in [3.63, 3.8) is 0 Å². The average molecular weight is 307 g/mol. The van der Waals surface area contributed by atoms with Crippen LogP contribution in [0.5, 0.6) is 0 Å². The van der Waals surface area contributed by atoms with Crippen molar-refractivity contribution in [2.45, 2.75) is 58.5 Å². The van der Waals surface area contributed by atoms with Crippen molar-refractivity contribution >= 4 is 17.2 Å². The summed E-state index contributed by atoms with van der Waals surface area (Å²) in [7, 11) is 0. The topological polar surface area (TPSA) is 36.4 Å². The molecule has 1 aromatic rings. The first-order valence-corrected chi connectivity index (χ1v) is 8.93. The summed E-state index contributed by atoms with van der Waals surface area (Å²) >= 11 is 1.55. The van der Waals surface area contributed by atoms with Crippen LogP contribution in [0.2, 0.25) is 0 Å². The van der Waals surface area contributed by atoms with Gasteiger partial charge in [-0.05, 0) is 39.7 Å². The zero-order chi connectivity index (χ0) is 15.0. The normalized spacial score (nSPS) is 24.1. The van der Waals surface area contributed by atoms with Gasteiger partial charge >= 0.3 is 0 Å². The fourth-order valence-electron chi connectivity index (χ4n) is 3.51. The Balaban J connectivity index is 1.61. The van der Waals surface area contributed by atoms with Crippen LogP contribution in [0.4, 0.5) is 0 Å². The summed E-state index contributed by atoms with van der Waals surface area (Å²) in [5, 5.41) is 0.997. The third kappa shape index (κ3) is 2.86. The summed E-state index contributed by atoms with van der Waals surface area (Å²) in [6, 6.07) is 1.25. The van der Waals surface area contributed by atoms with Gasteiger partial charge in [-0.2, -0.15) is 0 Å². The van der Waals surface area contributed by atoms with E-state index in [4.69, 9.17) is 0 Å². The molecule has 3 rings (SSSR count). The third-order valence-electron chi connectivity index (χ3n) is 4.81. The monoisotopic (exact) mass is 307 g/mol. The highest BCUT2D eigenvalue weighted by Crippen LogP contribution is 2.27. The third-order valence-corrected chi connectivity index (χ3v) is 5.81. The lowest BCUT2D eigenvalue weighted by Gasteiger charge is -2.49. The summed E-state index contributed by atoms with van der Waals surface area (Å²) in [5.41, 5.74) is 0.970. The van der Waals surface area contributed by atoms with Crippen LogP contribution in [-0.2, 0) is 6.42 Å². The molecule has 1 aromatic heterocycles. The molecule has 3 heterocycles. The minimum Gasteiger partial charge on any atom is -0.335 e. The molecule has 2 aliphatic rings. The lowest BCUT2D eigenvalue weighted by atomic mass is 9.97. The molecular formula is C16H25N3OS. The van der Waals surface area contributed by atoms with E-state index in [1.54, 1.807) is 11.3 Å². The van der Waals surface area contributed by atoms with Crippen LogP contribution in [0.3, 0.4) is 0 Å². The highest BCUT2D eigenvalue weighted by molar-refractivity contribution is 7.13. The Morgan fingerprint density at radius 3 is 2.81 bits per heavy atom. The maximum atomic E-state index is 12.6. The van der Waals surface area contributed by atoms with Gasteiger partial charge in [-0.15, -0.1) is 11.3 Å². The standard InChI is InChI=1S/C16H25N3OS/c1-4-14-15(21-12(3)17-14)16(20)18-9-13(10-18)19-8-6-5-7-11(19)2/h11,13H,4-10H2,1-3H3/t11-/m1/s1. The predicted molar refractivity (Wildman–Crippen MR) is 85.9 cm³/mol. The van der Waals surface area contributed by atoms with Crippen LogP contribution in [-0.4, -0.2) is 52.4 Å². The Labute approximate surface area is 131 Å². The van der Waals surface area contributed by atoms with E-state index in [0.717, 1.165) is 35.1 Å². The molecule has 1 atom stereocenters. The van der Waals surface area contributed by atoms with Gasteiger partial charge in [0.1, 0.15) is 4.88 Å². The molecule has 0 saturated carbocycles. The van der Waals surface area contributed by atoms with Gasteiger partial charge in [0.05, 0.1) is 10.7 Å². The number of hydrogen-bond acceptors (Lipinski definition) is 4. The summed E-state index contributed by atoms with van der Waals surface area (Å²) in [4.78, 5) is 22.5. The largest absolute Gasteiger partial charge is 0.335 e. The predicted octanol–water partition coefficient (Wildman–Crippen LogP) is 2.71. The van der Waals surface area contributed by atoms with Gasteiger partial charge in [0, 0.05) is 25.2 Å². The van der Waals surface area contributed by atoms with Crippen LogP contribution < -0.4 is 0 Å². The minimum atomic E-state index is 0.193. The van der Waals surface area contributed by atoms with Crippen LogP contribution in [0.1, 0.15) is 53.5 Å². The fraction of sp³-hybridized carbons (Fsp3) is 0.750. The smallest absolute Gasteiger partial charge is 0.265 e. The first-order valence-electron chi connectivity index (χ1n) is 8.11. The van der Waals surface area contributed by atoms with Gasteiger partial charge in [-0.25, -0.2) is 4.98 Å². The van der Waals surface area contributed by atoms with E-state index in [0.29, 0.717) is 12.1 Å². The second-order valence-electron chi connectivity index (χ2n) is 6.31. The van der Waals surface area contributed by atoms with E-state index in [-0.39, 0.29) is 5.91 Å². The lowest BCUT2D eigenvalue weighted by Crippen LogP contribution is -2.63. The van der Waals surface area contributed by atoms with Crippen molar-refractivity contribution in [3.8, 4) is 0 Å². The van der Waals surface area contributed by atoms with Gasteiger partial charge in [-0.3, -0.25) is 9.69 Å². The fourth-order valence-corrected chi connectivity index (χ4v) is 4.49. The van der Waals surface area contributed by atoms with E-state index in [1.165, 1.54) is 25.8 Å². The molecule has 2 saturated heterocycles. The minimum absolute atomic E-state index is 0.193. The van der Waals surface area contributed by atoms with Crippen LogP contribution in [0.15, 0.2) is 0 Å². The number of carbonyl (C=O) groups is 1. The number of hydrogen-bond donors (Lipinski definition) is 0. The van der Waals surface area contributed by atoms with Crippen molar-refractivity contribution in [1.29, 1.82) is 0 Å². The van der Waals surface area contributed by atoms with Crippen LogP contribution in [0.25, 0.3) is 0 Å². The Morgan fingerprint density at radius 2 is 2.14 bits per heavy atom. The van der Waals surface area contributed by atoms with Crippen molar-refractivity contribution in [2.24, 2.45) is 0 Å². The van der Waals surface area contributed by atoms with Crippen molar-refractivity contribution in [3.05, 3.63) is 15.6 Å². The van der Waals surface area contributed by atoms with Crippen molar-refractivity contribution < 1.29 is 4.79 Å². The van der Waals surface area contributed by atoms with E-state index in [1.807, 2.05) is 11.8 Å². The molecule has 4 nitrogen and oxygen atoms in total. The van der Waals surface area contributed by atoms with Crippen LogP contribution in [0, 0.1) is 6.92 Å². The SMILES string of the molecule is CCc1nc(C)sc1C(=O)N1CC(N2CCCC[C@H]2C)C1. The number of amides is 1. The summed E-state index contributed by atoms with van der Waals surface area (Å²) in [6.07, 6.45) is 4.81. The number of likely N-dealkylation sites (tertiary alicyclic amines) is 2. The molecule has 0 spiro atoms. The number of nitrogens with zero attached hydrogens (tertiary/aromatic N) is 3. The second kappa shape index (κ2) is 6.05. The zero-order valence-corrected chi connectivity index (χ0v) is 14.1. The first kappa shape index (κ1) is 15.0. The van der Waals surface area contributed by atoms with Gasteiger partial charge in [0.15, 0.2) is 0 Å². The molecule has 116 valence electrons. The first-order chi connectivity index (χ1) is 10.1. The Morgan fingerprint density at radius 1 is 1.38 bits per heavy atom. The van der Waals surface area contributed by atoms with Crippen LogP contribution >= 0.6 is 11.3 Å². The quantitative estimate of drug-likeness (QED) is 0.861. The molecule has 2 aliphatic heterocycles. The highest BCUT2D eigenvalue weighted by Gasteiger charge is 2.38. The highest BCUT2D eigenvalue weighted by atomic mass is 32.1. The summed E-state index contributed by atoms with van der Waals surface area (Å²) in [5.74, 6) is 0.193. The van der Waals surface area contributed by atoms with Gasteiger partial charge in [0.2, 0.25) is 0 Å². The van der Waals surface area contributed by atoms with E-state index >= 15 is 0 Å². The molecule has 0 aliphatic carbocycles. The Hall–Kier alpha value is -0.940. The van der Waals surface area contributed by atoms with Crippen molar-refractivity contribution in [1.82, 2.24) is 14.8 Å². The molecule has 0 bridgehead atoms. The van der Waals surface area contributed by atoms with E-state index in [2.05, 4.69) is 23.7 Å². The van der Waals surface area contributed by atoms with E-state index in [9.17, 15) is 4.79 Å². The molecule has 0 unspecified atom stereocenters. The lowest BCUT2D eigenvalue weighted by molar-refractivity contribution is 0.00233. The number of thiazole rings is 1. The number of aromatic nitrogens is 1. The Kier molecular flexibility index (Phi) is 4.31. The molecular weight excluding hydrogens is 282 g/mol. The second-order valence-corrected chi connectivity index (χ2v) is 7.51. The number of aryl methyl sites for hydroxylation is 2. The van der Waals surface area contributed by atoms with Gasteiger partial charge in [-0.1, -0.05) is 13.3 Å². The molecule has 5 heteroatoms. The van der Waals surface area contributed by atoms with Crippen molar-refractivity contribution in [2.75, 3.05) is 19.6 Å². The number of carbonyl (C=O) groups excluding carboxylic acids is 1. The molecule has 21 heavy (non-hydrogen) atoms. The number of piperidine rings is 1. The molecule has 0 N–H and O–H groups in total. The van der Waals surface area contributed by atoms with Gasteiger partial charge < -0.3 is 4.90 Å². The average Bonchev–Trinajstić information content (AvgIpc) is 2.80. The molecule has 0 aromatic carbocycles. The summed E-state index contributed by atoms with van der Waals surface area (Å²) in [6.45, 7) is 9.36. The summed E-state index contributed by atoms with van der Waals surface area (Å²) < 4.78 is 0. The number of rotatable bonds is 3. The maximum absolute atomic E-state index is 12.6. The molecule has 1 amide bonds. The van der Waals surface area contributed by atoms with E-state index < -0.39 is 0 Å².